The van der Waals surface area contributed by atoms with Crippen LogP contribution in [0.1, 0.15) is 47.1 Å². The van der Waals surface area contributed by atoms with Crippen LogP contribution in [0.25, 0.3) is 4.96 Å². The van der Waals surface area contributed by atoms with E-state index in [1.807, 2.05) is 35.2 Å². The average Bonchev–Trinajstić information content (AvgIpc) is 3.23. The molecule has 0 aliphatic carbocycles. The standard InChI is InChI=1S/C19H23N5OS/c1-14-17(24-10-11-26-19(24)22-14)18(25)21-13-16(15-6-5-7-20-12-15)23-8-3-2-4-9-23/h5-7,10-12,16H,2-4,8-9,13H2,1H3,(H,21,25)/t16-/m1/s1. The number of carbonyl (C=O) groups excluding carboxylic acids is 1. The zero-order valence-corrected chi connectivity index (χ0v) is 15.7. The molecular weight excluding hydrogens is 346 g/mol. The summed E-state index contributed by atoms with van der Waals surface area (Å²) in [6, 6.07) is 4.21. The van der Waals surface area contributed by atoms with Gasteiger partial charge in [-0.05, 0) is 44.5 Å². The Kier molecular flexibility index (Phi) is 4.99. The summed E-state index contributed by atoms with van der Waals surface area (Å²) in [7, 11) is 0. The Morgan fingerprint density at radius 1 is 1.35 bits per heavy atom. The van der Waals surface area contributed by atoms with Crippen LogP contribution in [0, 0.1) is 6.92 Å². The van der Waals surface area contributed by atoms with Crippen molar-refractivity contribution in [2.24, 2.45) is 0 Å². The Labute approximate surface area is 156 Å². The third-order valence-electron chi connectivity index (χ3n) is 5.01. The van der Waals surface area contributed by atoms with Crippen molar-refractivity contribution in [3.05, 3.63) is 53.1 Å². The highest BCUT2D eigenvalue weighted by Gasteiger charge is 2.24. The van der Waals surface area contributed by atoms with E-state index in [9.17, 15) is 4.79 Å². The molecule has 3 aromatic heterocycles. The van der Waals surface area contributed by atoms with Crippen LogP contribution in [-0.2, 0) is 0 Å². The first-order chi connectivity index (χ1) is 12.7. The van der Waals surface area contributed by atoms with Crippen LogP contribution >= 0.6 is 11.3 Å². The quantitative estimate of drug-likeness (QED) is 0.751. The molecule has 0 unspecified atom stereocenters. The number of fused-ring (bicyclic) bond motifs is 1. The lowest BCUT2D eigenvalue weighted by molar-refractivity contribution is 0.0918. The number of hydrogen-bond acceptors (Lipinski definition) is 5. The SMILES string of the molecule is Cc1nc2sccn2c1C(=O)NC[C@H](c1cccnc1)N1CCCCC1. The molecule has 3 aromatic rings. The fourth-order valence-corrected chi connectivity index (χ4v) is 4.46. The van der Waals surface area contributed by atoms with Gasteiger partial charge >= 0.3 is 0 Å². The predicted molar refractivity (Wildman–Crippen MR) is 103 cm³/mol. The van der Waals surface area contributed by atoms with Gasteiger partial charge in [0.15, 0.2) is 4.96 Å². The minimum atomic E-state index is -0.0701. The van der Waals surface area contributed by atoms with E-state index >= 15 is 0 Å². The van der Waals surface area contributed by atoms with E-state index in [0.717, 1.165) is 29.3 Å². The summed E-state index contributed by atoms with van der Waals surface area (Å²) in [5, 5.41) is 5.09. The Hall–Kier alpha value is -2.25. The molecule has 1 aliphatic rings. The number of nitrogens with zero attached hydrogens (tertiary/aromatic N) is 4. The maximum atomic E-state index is 12.9. The molecule has 7 heteroatoms. The van der Waals surface area contributed by atoms with Crippen LogP contribution in [0.2, 0.25) is 0 Å². The molecule has 0 radical (unpaired) electrons. The molecule has 1 N–H and O–H groups in total. The molecule has 1 atom stereocenters. The van der Waals surface area contributed by atoms with Crippen LogP contribution in [0.3, 0.4) is 0 Å². The van der Waals surface area contributed by atoms with Crippen molar-refractivity contribution in [1.29, 1.82) is 0 Å². The summed E-state index contributed by atoms with van der Waals surface area (Å²) >= 11 is 1.54. The summed E-state index contributed by atoms with van der Waals surface area (Å²) in [5.41, 5.74) is 2.55. The Morgan fingerprint density at radius 2 is 2.19 bits per heavy atom. The fourth-order valence-electron chi connectivity index (χ4n) is 3.70. The van der Waals surface area contributed by atoms with E-state index in [4.69, 9.17) is 0 Å². The van der Waals surface area contributed by atoms with Crippen molar-refractivity contribution < 1.29 is 4.79 Å². The van der Waals surface area contributed by atoms with Crippen molar-refractivity contribution in [3.8, 4) is 0 Å². The van der Waals surface area contributed by atoms with Gasteiger partial charge in [-0.15, -0.1) is 11.3 Å². The monoisotopic (exact) mass is 369 g/mol. The summed E-state index contributed by atoms with van der Waals surface area (Å²) < 4.78 is 1.87. The number of likely N-dealkylation sites (tertiary alicyclic amines) is 1. The van der Waals surface area contributed by atoms with Gasteiger partial charge in [0.05, 0.1) is 11.7 Å². The molecule has 136 valence electrons. The van der Waals surface area contributed by atoms with E-state index < -0.39 is 0 Å². The third kappa shape index (κ3) is 3.37. The largest absolute Gasteiger partial charge is 0.349 e. The molecule has 1 aliphatic heterocycles. The van der Waals surface area contributed by atoms with Crippen LogP contribution in [0.15, 0.2) is 36.1 Å². The smallest absolute Gasteiger partial charge is 0.270 e. The van der Waals surface area contributed by atoms with Gasteiger partial charge in [0.25, 0.3) is 5.91 Å². The van der Waals surface area contributed by atoms with Gasteiger partial charge in [-0.2, -0.15) is 0 Å². The van der Waals surface area contributed by atoms with Gasteiger partial charge in [-0.3, -0.25) is 19.1 Å². The molecule has 4 rings (SSSR count). The minimum absolute atomic E-state index is 0.0701. The molecule has 0 bridgehead atoms. The number of pyridine rings is 1. The summed E-state index contributed by atoms with van der Waals surface area (Å²) in [4.78, 5) is 24.9. The van der Waals surface area contributed by atoms with E-state index in [0.29, 0.717) is 12.2 Å². The van der Waals surface area contributed by atoms with Gasteiger partial charge in [-0.25, -0.2) is 4.98 Å². The second kappa shape index (κ2) is 7.55. The van der Waals surface area contributed by atoms with E-state index in [1.54, 1.807) is 6.20 Å². The van der Waals surface area contributed by atoms with Crippen molar-refractivity contribution in [1.82, 2.24) is 24.6 Å². The number of piperidine rings is 1. The highest BCUT2D eigenvalue weighted by molar-refractivity contribution is 7.15. The lowest BCUT2D eigenvalue weighted by Gasteiger charge is -2.34. The number of thiazole rings is 1. The van der Waals surface area contributed by atoms with Gasteiger partial charge in [0.1, 0.15) is 5.69 Å². The molecule has 1 fully saturated rings. The Bertz CT molecular complexity index is 882. The summed E-state index contributed by atoms with van der Waals surface area (Å²) in [6.07, 6.45) is 9.31. The van der Waals surface area contributed by atoms with Crippen LogP contribution in [-0.4, -0.2) is 44.8 Å². The lowest BCUT2D eigenvalue weighted by atomic mass is 10.0. The molecule has 6 nitrogen and oxygen atoms in total. The Morgan fingerprint density at radius 3 is 2.96 bits per heavy atom. The summed E-state index contributed by atoms with van der Waals surface area (Å²) in [5.74, 6) is -0.0701. The average molecular weight is 369 g/mol. The minimum Gasteiger partial charge on any atom is -0.349 e. The maximum absolute atomic E-state index is 12.9. The van der Waals surface area contributed by atoms with Gasteiger partial charge in [0.2, 0.25) is 0 Å². The zero-order valence-electron chi connectivity index (χ0n) is 14.9. The molecule has 0 spiro atoms. The molecule has 0 saturated carbocycles. The third-order valence-corrected chi connectivity index (χ3v) is 5.76. The number of imidazole rings is 1. The second-order valence-corrected chi connectivity index (χ2v) is 7.58. The van der Waals surface area contributed by atoms with Crippen LogP contribution in [0.4, 0.5) is 0 Å². The molecule has 26 heavy (non-hydrogen) atoms. The predicted octanol–water partition coefficient (Wildman–Crippen LogP) is 3.06. The lowest BCUT2D eigenvalue weighted by Crippen LogP contribution is -2.41. The first kappa shape index (κ1) is 17.2. The number of carbonyl (C=O) groups is 1. The first-order valence-electron chi connectivity index (χ1n) is 9.08. The maximum Gasteiger partial charge on any atom is 0.270 e. The van der Waals surface area contributed by atoms with Gasteiger partial charge in [-0.1, -0.05) is 12.5 Å². The highest BCUT2D eigenvalue weighted by atomic mass is 32.1. The van der Waals surface area contributed by atoms with E-state index in [2.05, 4.69) is 26.3 Å². The van der Waals surface area contributed by atoms with Crippen molar-refractivity contribution in [2.45, 2.75) is 32.2 Å². The fraction of sp³-hybridized carbons (Fsp3) is 0.421. The van der Waals surface area contributed by atoms with Crippen molar-refractivity contribution in [2.75, 3.05) is 19.6 Å². The molecule has 4 heterocycles. The number of nitrogens with one attached hydrogen (secondary N) is 1. The molecular formula is C19H23N5OS. The number of rotatable bonds is 5. The van der Waals surface area contributed by atoms with E-state index in [-0.39, 0.29) is 11.9 Å². The topological polar surface area (TPSA) is 62.5 Å². The first-order valence-corrected chi connectivity index (χ1v) is 9.96. The van der Waals surface area contributed by atoms with Crippen molar-refractivity contribution >= 4 is 22.2 Å². The van der Waals surface area contributed by atoms with Crippen LogP contribution in [0.5, 0.6) is 0 Å². The molecule has 1 saturated heterocycles. The Balaban J connectivity index is 1.53. The number of aryl methyl sites for hydroxylation is 1. The van der Waals surface area contributed by atoms with Gasteiger partial charge in [0, 0.05) is 30.5 Å². The van der Waals surface area contributed by atoms with Gasteiger partial charge < -0.3 is 5.32 Å². The van der Waals surface area contributed by atoms with Crippen molar-refractivity contribution in [3.63, 3.8) is 0 Å². The molecule has 1 amide bonds. The number of amides is 1. The van der Waals surface area contributed by atoms with E-state index in [1.165, 1.54) is 30.6 Å². The zero-order chi connectivity index (χ0) is 17.9. The number of aromatic nitrogens is 3. The molecule has 0 aromatic carbocycles. The number of hydrogen-bond donors (Lipinski definition) is 1. The highest BCUT2D eigenvalue weighted by Crippen LogP contribution is 2.24. The van der Waals surface area contributed by atoms with Crippen LogP contribution < -0.4 is 5.32 Å². The summed E-state index contributed by atoms with van der Waals surface area (Å²) in [6.45, 7) is 4.59. The normalized spacial score (nSPS) is 16.7. The second-order valence-electron chi connectivity index (χ2n) is 6.71.